The van der Waals surface area contributed by atoms with Gasteiger partial charge in [-0.3, -0.25) is 19.6 Å². The summed E-state index contributed by atoms with van der Waals surface area (Å²) in [6.45, 7) is 0. The van der Waals surface area contributed by atoms with Gasteiger partial charge in [-0.15, -0.1) is 0 Å². The van der Waals surface area contributed by atoms with Crippen LogP contribution in [0.25, 0.3) is 0 Å². The Kier molecular flexibility index (Phi) is 3.94. The predicted octanol–water partition coefficient (Wildman–Crippen LogP) is 1.11. The highest BCUT2D eigenvalue weighted by atomic mass is 19.1. The standard InChI is InChI=1S/C12H12FN5O3/c1-17-6-7(5-15-17)11(14)12(19)16-9-3-2-8(13)4-10(9)18(20)21/h2-6,11H,14H2,1H3,(H,16,19). The summed E-state index contributed by atoms with van der Waals surface area (Å²) in [5.41, 5.74) is 5.54. The number of rotatable bonds is 4. The van der Waals surface area contributed by atoms with Gasteiger partial charge in [-0.05, 0) is 12.1 Å². The average Bonchev–Trinajstić information content (AvgIpc) is 2.86. The first-order chi connectivity index (χ1) is 9.88. The van der Waals surface area contributed by atoms with Crippen LogP contribution in [-0.2, 0) is 11.8 Å². The highest BCUT2D eigenvalue weighted by Gasteiger charge is 2.22. The molecule has 2 rings (SSSR count). The monoisotopic (exact) mass is 293 g/mol. The van der Waals surface area contributed by atoms with Crippen molar-refractivity contribution in [3.63, 3.8) is 0 Å². The maximum Gasteiger partial charge on any atom is 0.295 e. The highest BCUT2D eigenvalue weighted by molar-refractivity contribution is 5.97. The fraction of sp³-hybridized carbons (Fsp3) is 0.167. The number of benzene rings is 1. The summed E-state index contributed by atoms with van der Waals surface area (Å²) in [6, 6.07) is 1.81. The van der Waals surface area contributed by atoms with Gasteiger partial charge in [-0.2, -0.15) is 5.10 Å². The molecule has 0 saturated heterocycles. The number of aromatic nitrogens is 2. The molecule has 0 radical (unpaired) electrons. The van der Waals surface area contributed by atoms with Crippen LogP contribution in [0.3, 0.4) is 0 Å². The van der Waals surface area contributed by atoms with Crippen molar-refractivity contribution in [3.05, 3.63) is 52.1 Å². The van der Waals surface area contributed by atoms with E-state index in [1.807, 2.05) is 0 Å². The van der Waals surface area contributed by atoms with E-state index >= 15 is 0 Å². The molecular weight excluding hydrogens is 281 g/mol. The summed E-state index contributed by atoms with van der Waals surface area (Å²) in [4.78, 5) is 22.1. The van der Waals surface area contributed by atoms with E-state index in [9.17, 15) is 19.3 Å². The number of carbonyl (C=O) groups is 1. The van der Waals surface area contributed by atoms with E-state index in [0.717, 1.165) is 18.2 Å². The molecule has 2 aromatic rings. The summed E-state index contributed by atoms with van der Waals surface area (Å²) in [7, 11) is 1.67. The maximum absolute atomic E-state index is 13.0. The van der Waals surface area contributed by atoms with Crippen LogP contribution in [0, 0.1) is 15.9 Å². The lowest BCUT2D eigenvalue weighted by Crippen LogP contribution is -2.27. The Bertz CT molecular complexity index is 700. The van der Waals surface area contributed by atoms with Gasteiger partial charge in [0.15, 0.2) is 0 Å². The van der Waals surface area contributed by atoms with E-state index < -0.39 is 28.4 Å². The third-order valence-corrected chi connectivity index (χ3v) is 2.78. The number of amides is 1. The van der Waals surface area contributed by atoms with E-state index in [0.29, 0.717) is 5.56 Å². The lowest BCUT2D eigenvalue weighted by Gasteiger charge is -2.10. The number of hydrogen-bond acceptors (Lipinski definition) is 5. The molecule has 0 aliphatic carbocycles. The molecule has 21 heavy (non-hydrogen) atoms. The van der Waals surface area contributed by atoms with E-state index in [4.69, 9.17) is 5.73 Å². The second kappa shape index (κ2) is 5.67. The molecule has 8 nitrogen and oxygen atoms in total. The Hall–Kier alpha value is -2.81. The van der Waals surface area contributed by atoms with Crippen molar-refractivity contribution in [2.45, 2.75) is 6.04 Å². The molecule has 0 aliphatic heterocycles. The number of anilines is 1. The molecule has 3 N–H and O–H groups in total. The van der Waals surface area contributed by atoms with Crippen LogP contribution in [0.4, 0.5) is 15.8 Å². The minimum Gasteiger partial charge on any atom is -0.319 e. The lowest BCUT2D eigenvalue weighted by atomic mass is 10.1. The Labute approximate surface area is 118 Å². The number of nitrogens with one attached hydrogen (secondary N) is 1. The van der Waals surface area contributed by atoms with Crippen LogP contribution < -0.4 is 11.1 Å². The first kappa shape index (κ1) is 14.6. The molecule has 1 atom stereocenters. The number of nitrogens with two attached hydrogens (primary N) is 1. The van der Waals surface area contributed by atoms with Crippen molar-refractivity contribution < 1.29 is 14.1 Å². The second-order valence-corrected chi connectivity index (χ2v) is 4.33. The Morgan fingerprint density at radius 3 is 2.86 bits per heavy atom. The van der Waals surface area contributed by atoms with Crippen LogP contribution in [0.15, 0.2) is 30.6 Å². The average molecular weight is 293 g/mol. The molecule has 0 fully saturated rings. The van der Waals surface area contributed by atoms with Crippen LogP contribution >= 0.6 is 0 Å². The Balaban J connectivity index is 2.22. The maximum atomic E-state index is 13.0. The van der Waals surface area contributed by atoms with Gasteiger partial charge in [0.05, 0.1) is 17.2 Å². The number of carbonyl (C=O) groups excluding carboxylic acids is 1. The summed E-state index contributed by atoms with van der Waals surface area (Å²) in [6.07, 6.45) is 2.98. The van der Waals surface area contributed by atoms with Crippen LogP contribution in [0.1, 0.15) is 11.6 Å². The fourth-order valence-corrected chi connectivity index (χ4v) is 1.72. The van der Waals surface area contributed by atoms with Gasteiger partial charge in [-0.25, -0.2) is 4.39 Å². The van der Waals surface area contributed by atoms with Crippen molar-refractivity contribution in [2.75, 3.05) is 5.32 Å². The Morgan fingerprint density at radius 1 is 1.57 bits per heavy atom. The van der Waals surface area contributed by atoms with E-state index in [1.54, 1.807) is 13.2 Å². The Morgan fingerprint density at radius 2 is 2.29 bits per heavy atom. The number of nitrogens with zero attached hydrogens (tertiary/aromatic N) is 3. The zero-order valence-corrected chi connectivity index (χ0v) is 11.0. The number of halogens is 1. The zero-order chi connectivity index (χ0) is 15.6. The van der Waals surface area contributed by atoms with Crippen LogP contribution in [0.2, 0.25) is 0 Å². The molecule has 0 saturated carbocycles. The smallest absolute Gasteiger partial charge is 0.295 e. The molecule has 110 valence electrons. The zero-order valence-electron chi connectivity index (χ0n) is 11.0. The molecule has 1 aromatic carbocycles. The van der Waals surface area contributed by atoms with Crippen molar-refractivity contribution in [1.82, 2.24) is 9.78 Å². The highest BCUT2D eigenvalue weighted by Crippen LogP contribution is 2.25. The van der Waals surface area contributed by atoms with Crippen molar-refractivity contribution in [3.8, 4) is 0 Å². The van der Waals surface area contributed by atoms with E-state index in [-0.39, 0.29) is 5.69 Å². The van der Waals surface area contributed by atoms with Gasteiger partial charge in [0.1, 0.15) is 17.5 Å². The number of nitro benzene ring substituents is 1. The number of hydrogen-bond donors (Lipinski definition) is 2. The number of nitro groups is 1. The third kappa shape index (κ3) is 3.20. The lowest BCUT2D eigenvalue weighted by molar-refractivity contribution is -0.384. The van der Waals surface area contributed by atoms with Gasteiger partial charge in [-0.1, -0.05) is 0 Å². The minimum atomic E-state index is -1.04. The first-order valence-corrected chi connectivity index (χ1v) is 5.87. The second-order valence-electron chi connectivity index (χ2n) is 4.33. The van der Waals surface area contributed by atoms with E-state index in [1.165, 1.54) is 10.9 Å². The molecule has 0 spiro atoms. The third-order valence-electron chi connectivity index (χ3n) is 2.78. The van der Waals surface area contributed by atoms with Crippen molar-refractivity contribution >= 4 is 17.3 Å². The summed E-state index contributed by atoms with van der Waals surface area (Å²) in [5, 5.41) is 17.0. The quantitative estimate of drug-likeness (QED) is 0.647. The fourth-order valence-electron chi connectivity index (χ4n) is 1.72. The molecule has 1 heterocycles. The molecule has 0 aliphatic rings. The topological polar surface area (TPSA) is 116 Å². The summed E-state index contributed by atoms with van der Waals surface area (Å²) >= 11 is 0. The van der Waals surface area contributed by atoms with Gasteiger partial charge in [0.2, 0.25) is 5.91 Å². The minimum absolute atomic E-state index is 0.120. The van der Waals surface area contributed by atoms with Gasteiger partial charge in [0, 0.05) is 18.8 Å². The number of aryl methyl sites for hydroxylation is 1. The van der Waals surface area contributed by atoms with E-state index in [2.05, 4.69) is 10.4 Å². The molecular formula is C12H12FN5O3. The first-order valence-electron chi connectivity index (χ1n) is 5.87. The summed E-state index contributed by atoms with van der Waals surface area (Å²) < 4.78 is 14.5. The summed E-state index contributed by atoms with van der Waals surface area (Å²) in [5.74, 6) is -1.42. The van der Waals surface area contributed by atoms with Gasteiger partial charge < -0.3 is 11.1 Å². The van der Waals surface area contributed by atoms with Crippen LogP contribution in [0.5, 0.6) is 0 Å². The SMILES string of the molecule is Cn1cc(C(N)C(=O)Nc2ccc(F)cc2[N+](=O)[O-])cn1. The molecule has 1 aromatic heterocycles. The van der Waals surface area contributed by atoms with Crippen LogP contribution in [-0.4, -0.2) is 20.6 Å². The normalized spacial score (nSPS) is 12.0. The molecule has 9 heteroatoms. The molecule has 1 unspecified atom stereocenters. The van der Waals surface area contributed by atoms with Gasteiger partial charge in [0.25, 0.3) is 5.69 Å². The van der Waals surface area contributed by atoms with Crippen molar-refractivity contribution in [2.24, 2.45) is 12.8 Å². The largest absolute Gasteiger partial charge is 0.319 e. The predicted molar refractivity (Wildman–Crippen MR) is 71.8 cm³/mol. The van der Waals surface area contributed by atoms with Gasteiger partial charge >= 0.3 is 0 Å². The molecule has 1 amide bonds. The molecule has 0 bridgehead atoms. The van der Waals surface area contributed by atoms with Crippen molar-refractivity contribution in [1.29, 1.82) is 0 Å².